The summed E-state index contributed by atoms with van der Waals surface area (Å²) in [6.45, 7) is 1.47. The molecule has 0 unspecified atom stereocenters. The van der Waals surface area contributed by atoms with Gasteiger partial charge in [-0.1, -0.05) is 0 Å². The Kier molecular flexibility index (Phi) is 6.04. The third kappa shape index (κ3) is 4.19. The number of aromatic amines is 1. The van der Waals surface area contributed by atoms with Crippen LogP contribution in [0.25, 0.3) is 10.9 Å². The Hall–Kier alpha value is -2.48. The molecule has 1 N–H and O–H groups in total. The quantitative estimate of drug-likeness (QED) is 0.827. The van der Waals surface area contributed by atoms with E-state index in [1.54, 1.807) is 13.3 Å². The predicted octanol–water partition coefficient (Wildman–Crippen LogP) is 2.30. The highest BCUT2D eigenvalue weighted by Crippen LogP contribution is 2.31. The molecule has 0 bridgehead atoms. The van der Waals surface area contributed by atoms with Crippen LogP contribution in [-0.4, -0.2) is 66.2 Å². The molecule has 0 radical (unpaired) electrons. The highest BCUT2D eigenvalue weighted by molar-refractivity contribution is 5.79. The third-order valence-corrected chi connectivity index (χ3v) is 6.60. The fraction of sp³-hybridized carbons (Fsp3) is 0.636. The Morgan fingerprint density at radius 1 is 1.17 bits per heavy atom. The number of pyridine rings is 1. The number of rotatable bonds is 4. The van der Waals surface area contributed by atoms with E-state index in [1.807, 2.05) is 30.0 Å². The molecular formula is C22H31N5O3. The van der Waals surface area contributed by atoms with Crippen LogP contribution in [0.2, 0.25) is 0 Å². The van der Waals surface area contributed by atoms with Crippen molar-refractivity contribution in [3.05, 3.63) is 28.3 Å². The van der Waals surface area contributed by atoms with E-state index in [-0.39, 0.29) is 17.4 Å². The fourth-order valence-electron chi connectivity index (χ4n) is 4.70. The van der Waals surface area contributed by atoms with Gasteiger partial charge in [0, 0.05) is 58.0 Å². The SMILES string of the molecule is COC1CCC(C(=O)N2CCC(c3cc4nc(N(C)C)ncc4c(=O)[nH]3)CC2)CC1. The molecule has 1 amide bonds. The van der Waals surface area contributed by atoms with E-state index in [1.165, 1.54) is 0 Å². The van der Waals surface area contributed by atoms with E-state index in [4.69, 9.17) is 4.74 Å². The fourth-order valence-corrected chi connectivity index (χ4v) is 4.70. The van der Waals surface area contributed by atoms with Crippen LogP contribution in [0.5, 0.6) is 0 Å². The molecule has 1 aliphatic carbocycles. The largest absolute Gasteiger partial charge is 0.381 e. The average molecular weight is 414 g/mol. The van der Waals surface area contributed by atoms with Crippen LogP contribution in [0.4, 0.5) is 5.95 Å². The Morgan fingerprint density at radius 2 is 1.87 bits per heavy atom. The summed E-state index contributed by atoms with van der Waals surface area (Å²) < 4.78 is 5.42. The minimum Gasteiger partial charge on any atom is -0.381 e. The zero-order valence-corrected chi connectivity index (χ0v) is 18.1. The van der Waals surface area contributed by atoms with E-state index < -0.39 is 0 Å². The number of carbonyl (C=O) groups excluding carboxylic acids is 1. The van der Waals surface area contributed by atoms with Crippen molar-refractivity contribution in [3.8, 4) is 0 Å². The van der Waals surface area contributed by atoms with Gasteiger partial charge in [0.05, 0.1) is 17.0 Å². The van der Waals surface area contributed by atoms with Crippen molar-refractivity contribution in [1.82, 2.24) is 19.9 Å². The van der Waals surface area contributed by atoms with E-state index in [0.29, 0.717) is 28.9 Å². The number of carbonyl (C=O) groups is 1. The number of anilines is 1. The van der Waals surface area contributed by atoms with Gasteiger partial charge < -0.3 is 19.5 Å². The molecule has 2 fully saturated rings. The number of likely N-dealkylation sites (tertiary alicyclic amines) is 1. The van der Waals surface area contributed by atoms with Gasteiger partial charge in [0.25, 0.3) is 5.56 Å². The molecule has 1 saturated heterocycles. The summed E-state index contributed by atoms with van der Waals surface area (Å²) in [5, 5.41) is 0.503. The zero-order chi connectivity index (χ0) is 21.3. The first-order chi connectivity index (χ1) is 14.5. The van der Waals surface area contributed by atoms with Gasteiger partial charge in [0.2, 0.25) is 11.9 Å². The lowest BCUT2D eigenvalue weighted by molar-refractivity contribution is -0.138. The van der Waals surface area contributed by atoms with E-state index in [9.17, 15) is 9.59 Å². The topological polar surface area (TPSA) is 91.4 Å². The lowest BCUT2D eigenvalue weighted by Gasteiger charge is -2.36. The number of aromatic nitrogens is 3. The summed E-state index contributed by atoms with van der Waals surface area (Å²) in [6.07, 6.45) is 7.38. The average Bonchev–Trinajstić information content (AvgIpc) is 2.78. The summed E-state index contributed by atoms with van der Waals surface area (Å²) in [6, 6.07) is 1.97. The highest BCUT2D eigenvalue weighted by atomic mass is 16.5. The van der Waals surface area contributed by atoms with Gasteiger partial charge in [-0.25, -0.2) is 9.97 Å². The van der Waals surface area contributed by atoms with Gasteiger partial charge in [0.1, 0.15) is 0 Å². The number of amides is 1. The Labute approximate surface area is 176 Å². The Balaban J connectivity index is 1.43. The van der Waals surface area contributed by atoms with Crippen molar-refractivity contribution in [1.29, 1.82) is 0 Å². The van der Waals surface area contributed by atoms with Gasteiger partial charge in [-0.3, -0.25) is 9.59 Å². The van der Waals surface area contributed by atoms with Crippen LogP contribution in [0.15, 0.2) is 17.1 Å². The van der Waals surface area contributed by atoms with Crippen LogP contribution in [-0.2, 0) is 9.53 Å². The van der Waals surface area contributed by atoms with Crippen LogP contribution in [0.3, 0.4) is 0 Å². The van der Waals surface area contributed by atoms with Gasteiger partial charge >= 0.3 is 0 Å². The maximum absolute atomic E-state index is 12.9. The molecule has 8 nitrogen and oxygen atoms in total. The molecule has 4 rings (SSSR count). The van der Waals surface area contributed by atoms with Crippen LogP contribution in [0.1, 0.15) is 50.1 Å². The standard InChI is InChI=1S/C22H31N5O3/c1-26(2)22-23-13-17-19(25-22)12-18(24-20(17)28)14-8-10-27(11-9-14)21(29)15-4-6-16(30-3)7-5-15/h12-16H,4-11H2,1-3H3,(H,24,28). The molecule has 2 aromatic rings. The molecule has 8 heteroatoms. The molecule has 2 aliphatic rings. The molecule has 162 valence electrons. The monoisotopic (exact) mass is 413 g/mol. The lowest BCUT2D eigenvalue weighted by atomic mass is 9.85. The molecule has 2 aromatic heterocycles. The molecule has 0 aromatic carbocycles. The number of fused-ring (bicyclic) bond motifs is 1. The number of nitrogens with zero attached hydrogens (tertiary/aromatic N) is 4. The summed E-state index contributed by atoms with van der Waals surface area (Å²) in [5.41, 5.74) is 1.42. The second kappa shape index (κ2) is 8.71. The molecule has 3 heterocycles. The zero-order valence-electron chi connectivity index (χ0n) is 18.1. The molecule has 1 saturated carbocycles. The number of H-pyrrole nitrogens is 1. The molecular weight excluding hydrogens is 382 g/mol. The summed E-state index contributed by atoms with van der Waals surface area (Å²) in [7, 11) is 5.51. The Morgan fingerprint density at radius 3 is 2.50 bits per heavy atom. The van der Waals surface area contributed by atoms with Crippen molar-refractivity contribution in [2.24, 2.45) is 5.92 Å². The Bertz CT molecular complexity index is 957. The lowest BCUT2D eigenvalue weighted by Crippen LogP contribution is -2.42. The summed E-state index contributed by atoms with van der Waals surface area (Å²) in [4.78, 5) is 41.1. The first-order valence-electron chi connectivity index (χ1n) is 10.8. The van der Waals surface area contributed by atoms with Crippen molar-refractivity contribution in [2.45, 2.75) is 50.5 Å². The van der Waals surface area contributed by atoms with Gasteiger partial charge in [-0.05, 0) is 44.6 Å². The van der Waals surface area contributed by atoms with Crippen LogP contribution >= 0.6 is 0 Å². The van der Waals surface area contributed by atoms with Crippen LogP contribution in [0, 0.1) is 5.92 Å². The van der Waals surface area contributed by atoms with Crippen molar-refractivity contribution in [2.75, 3.05) is 39.2 Å². The van der Waals surface area contributed by atoms with Crippen molar-refractivity contribution < 1.29 is 9.53 Å². The summed E-state index contributed by atoms with van der Waals surface area (Å²) in [5.74, 6) is 1.24. The van der Waals surface area contributed by atoms with E-state index in [2.05, 4.69) is 15.0 Å². The first kappa shape index (κ1) is 20.8. The maximum Gasteiger partial charge on any atom is 0.259 e. The minimum atomic E-state index is -0.152. The number of ether oxygens (including phenoxy) is 1. The molecule has 0 atom stereocenters. The minimum absolute atomic E-state index is 0.134. The number of hydrogen-bond donors (Lipinski definition) is 1. The van der Waals surface area contributed by atoms with E-state index in [0.717, 1.165) is 57.3 Å². The van der Waals surface area contributed by atoms with Gasteiger partial charge in [-0.2, -0.15) is 0 Å². The first-order valence-corrected chi connectivity index (χ1v) is 10.8. The molecule has 1 aliphatic heterocycles. The maximum atomic E-state index is 12.9. The molecule has 30 heavy (non-hydrogen) atoms. The second-order valence-corrected chi connectivity index (χ2v) is 8.73. The van der Waals surface area contributed by atoms with Crippen molar-refractivity contribution >= 4 is 22.8 Å². The van der Waals surface area contributed by atoms with Crippen LogP contribution < -0.4 is 10.5 Å². The van der Waals surface area contributed by atoms with Crippen molar-refractivity contribution in [3.63, 3.8) is 0 Å². The second-order valence-electron chi connectivity index (χ2n) is 8.73. The number of hydrogen-bond acceptors (Lipinski definition) is 6. The highest BCUT2D eigenvalue weighted by Gasteiger charge is 2.32. The van der Waals surface area contributed by atoms with E-state index >= 15 is 0 Å². The third-order valence-electron chi connectivity index (χ3n) is 6.60. The number of nitrogens with one attached hydrogen (secondary N) is 1. The summed E-state index contributed by atoms with van der Waals surface area (Å²) >= 11 is 0. The van der Waals surface area contributed by atoms with Gasteiger partial charge in [0.15, 0.2) is 0 Å². The van der Waals surface area contributed by atoms with Gasteiger partial charge in [-0.15, -0.1) is 0 Å². The predicted molar refractivity (Wildman–Crippen MR) is 116 cm³/mol. The normalized spacial score (nSPS) is 23.0. The number of piperidine rings is 1. The smallest absolute Gasteiger partial charge is 0.259 e. The number of methoxy groups -OCH3 is 1. The molecule has 0 spiro atoms.